The molecule has 1 unspecified atom stereocenters. The van der Waals surface area contributed by atoms with Gasteiger partial charge < -0.3 is 15.0 Å². The standard InChI is InChI=1S/C17H27BrN2O/c1-4-20(12-16-6-5-9-21-16)17-8-7-15(18)10-14(17)11-19-13(2)3/h7-8,10,13,16,19H,4-6,9,11-12H2,1-3H3. The van der Waals surface area contributed by atoms with Crippen molar-refractivity contribution >= 4 is 21.6 Å². The Kier molecular flexibility index (Phi) is 6.52. The molecular formula is C17H27BrN2O. The average Bonchev–Trinajstić information content (AvgIpc) is 2.96. The lowest BCUT2D eigenvalue weighted by atomic mass is 10.1. The average molecular weight is 355 g/mol. The molecule has 1 saturated heterocycles. The summed E-state index contributed by atoms with van der Waals surface area (Å²) in [7, 11) is 0. The summed E-state index contributed by atoms with van der Waals surface area (Å²) in [5, 5.41) is 3.52. The molecule has 21 heavy (non-hydrogen) atoms. The van der Waals surface area contributed by atoms with Crippen LogP contribution in [0.15, 0.2) is 22.7 Å². The van der Waals surface area contributed by atoms with Gasteiger partial charge in [-0.05, 0) is 43.5 Å². The smallest absolute Gasteiger partial charge is 0.0750 e. The monoisotopic (exact) mass is 354 g/mol. The van der Waals surface area contributed by atoms with Crippen molar-refractivity contribution in [2.24, 2.45) is 0 Å². The molecule has 1 atom stereocenters. The molecule has 2 rings (SSSR count). The van der Waals surface area contributed by atoms with E-state index in [0.717, 1.165) is 30.7 Å². The minimum Gasteiger partial charge on any atom is -0.376 e. The Hall–Kier alpha value is -0.580. The summed E-state index contributed by atoms with van der Waals surface area (Å²) < 4.78 is 6.94. The Morgan fingerprint density at radius 1 is 1.43 bits per heavy atom. The lowest BCUT2D eigenvalue weighted by molar-refractivity contribution is 0.115. The molecule has 4 heteroatoms. The molecule has 1 aliphatic heterocycles. The molecule has 1 N–H and O–H groups in total. The van der Waals surface area contributed by atoms with E-state index < -0.39 is 0 Å². The van der Waals surface area contributed by atoms with Crippen LogP contribution in [0.2, 0.25) is 0 Å². The van der Waals surface area contributed by atoms with Gasteiger partial charge in [0.1, 0.15) is 0 Å². The van der Waals surface area contributed by atoms with Crippen LogP contribution >= 0.6 is 15.9 Å². The van der Waals surface area contributed by atoms with Crippen molar-refractivity contribution in [3.05, 3.63) is 28.2 Å². The minimum absolute atomic E-state index is 0.388. The highest BCUT2D eigenvalue weighted by atomic mass is 79.9. The quantitative estimate of drug-likeness (QED) is 0.802. The predicted octanol–water partition coefficient (Wildman–Crippen LogP) is 3.95. The van der Waals surface area contributed by atoms with E-state index in [1.165, 1.54) is 24.1 Å². The number of rotatable bonds is 7. The number of benzene rings is 1. The van der Waals surface area contributed by atoms with Gasteiger partial charge in [-0.25, -0.2) is 0 Å². The SMILES string of the molecule is CCN(CC1CCCO1)c1ccc(Br)cc1CNC(C)C. The second-order valence-corrected chi connectivity index (χ2v) is 6.90. The molecule has 1 heterocycles. The van der Waals surface area contributed by atoms with Crippen LogP contribution in [0, 0.1) is 0 Å². The van der Waals surface area contributed by atoms with Crippen LogP contribution < -0.4 is 10.2 Å². The van der Waals surface area contributed by atoms with Gasteiger partial charge in [-0.2, -0.15) is 0 Å². The molecule has 0 amide bonds. The summed E-state index contributed by atoms with van der Waals surface area (Å²) in [6.07, 6.45) is 2.77. The summed E-state index contributed by atoms with van der Waals surface area (Å²) in [5.41, 5.74) is 2.67. The zero-order chi connectivity index (χ0) is 15.2. The third-order valence-electron chi connectivity index (χ3n) is 3.91. The third kappa shape index (κ3) is 4.97. The Labute approximate surface area is 137 Å². The van der Waals surface area contributed by atoms with E-state index >= 15 is 0 Å². The van der Waals surface area contributed by atoms with Crippen LogP contribution in [0.4, 0.5) is 5.69 Å². The van der Waals surface area contributed by atoms with Crippen molar-refractivity contribution in [1.82, 2.24) is 5.32 Å². The van der Waals surface area contributed by atoms with Crippen LogP contribution in [-0.4, -0.2) is 31.8 Å². The minimum atomic E-state index is 0.388. The van der Waals surface area contributed by atoms with Gasteiger partial charge in [-0.1, -0.05) is 29.8 Å². The molecule has 1 aliphatic rings. The van der Waals surface area contributed by atoms with Gasteiger partial charge in [0.2, 0.25) is 0 Å². The van der Waals surface area contributed by atoms with E-state index in [1.54, 1.807) is 0 Å². The fourth-order valence-electron chi connectivity index (χ4n) is 2.75. The molecule has 0 bridgehead atoms. The molecule has 0 aromatic heterocycles. The van der Waals surface area contributed by atoms with Crippen LogP contribution in [0.1, 0.15) is 39.2 Å². The molecule has 0 radical (unpaired) electrons. The first-order valence-corrected chi connectivity index (χ1v) is 8.77. The lowest BCUT2D eigenvalue weighted by Crippen LogP contribution is -2.33. The highest BCUT2D eigenvalue weighted by Crippen LogP contribution is 2.26. The Morgan fingerprint density at radius 3 is 2.86 bits per heavy atom. The number of hydrogen-bond donors (Lipinski definition) is 1. The molecule has 0 aliphatic carbocycles. The van der Waals surface area contributed by atoms with Crippen molar-refractivity contribution < 1.29 is 4.74 Å². The van der Waals surface area contributed by atoms with Crippen molar-refractivity contribution in [2.45, 2.75) is 52.3 Å². The fourth-order valence-corrected chi connectivity index (χ4v) is 3.16. The van der Waals surface area contributed by atoms with E-state index in [2.05, 4.69) is 65.1 Å². The molecule has 0 saturated carbocycles. The van der Waals surface area contributed by atoms with Gasteiger partial charge in [0.05, 0.1) is 6.10 Å². The first-order valence-electron chi connectivity index (χ1n) is 7.98. The van der Waals surface area contributed by atoms with E-state index in [0.29, 0.717) is 12.1 Å². The largest absolute Gasteiger partial charge is 0.376 e. The molecule has 118 valence electrons. The van der Waals surface area contributed by atoms with Gasteiger partial charge in [0, 0.05) is 42.4 Å². The Bertz CT molecular complexity index is 444. The lowest BCUT2D eigenvalue weighted by Gasteiger charge is -2.28. The summed E-state index contributed by atoms with van der Waals surface area (Å²) in [6, 6.07) is 7.07. The van der Waals surface area contributed by atoms with Crippen LogP contribution in [0.3, 0.4) is 0 Å². The highest BCUT2D eigenvalue weighted by Gasteiger charge is 2.20. The number of likely N-dealkylation sites (N-methyl/N-ethyl adjacent to an activating group) is 1. The summed E-state index contributed by atoms with van der Waals surface area (Å²) in [4.78, 5) is 2.44. The van der Waals surface area contributed by atoms with E-state index in [4.69, 9.17) is 4.74 Å². The Morgan fingerprint density at radius 2 is 2.24 bits per heavy atom. The summed E-state index contributed by atoms with van der Waals surface area (Å²) in [5.74, 6) is 0. The zero-order valence-corrected chi connectivity index (χ0v) is 14.9. The topological polar surface area (TPSA) is 24.5 Å². The van der Waals surface area contributed by atoms with Crippen LogP contribution in [-0.2, 0) is 11.3 Å². The van der Waals surface area contributed by atoms with Gasteiger partial charge in [0.15, 0.2) is 0 Å². The van der Waals surface area contributed by atoms with E-state index in [1.807, 2.05) is 0 Å². The number of halogens is 1. The molecule has 3 nitrogen and oxygen atoms in total. The number of nitrogens with one attached hydrogen (secondary N) is 1. The van der Waals surface area contributed by atoms with Crippen LogP contribution in [0.25, 0.3) is 0 Å². The normalized spacial score (nSPS) is 18.4. The molecular weight excluding hydrogens is 328 g/mol. The third-order valence-corrected chi connectivity index (χ3v) is 4.41. The van der Waals surface area contributed by atoms with Crippen molar-refractivity contribution in [3.63, 3.8) is 0 Å². The highest BCUT2D eigenvalue weighted by molar-refractivity contribution is 9.10. The van der Waals surface area contributed by atoms with Gasteiger partial charge >= 0.3 is 0 Å². The first kappa shape index (κ1) is 16.8. The fraction of sp³-hybridized carbons (Fsp3) is 0.647. The maximum absolute atomic E-state index is 5.80. The van der Waals surface area contributed by atoms with Crippen molar-refractivity contribution in [2.75, 3.05) is 24.6 Å². The van der Waals surface area contributed by atoms with E-state index in [-0.39, 0.29) is 0 Å². The van der Waals surface area contributed by atoms with Gasteiger partial charge in [-0.3, -0.25) is 0 Å². The molecule has 1 aromatic rings. The molecule has 0 spiro atoms. The van der Waals surface area contributed by atoms with Crippen molar-refractivity contribution in [1.29, 1.82) is 0 Å². The summed E-state index contributed by atoms with van der Waals surface area (Å²) >= 11 is 3.59. The molecule has 1 fully saturated rings. The maximum Gasteiger partial charge on any atom is 0.0750 e. The van der Waals surface area contributed by atoms with Gasteiger partial charge in [-0.15, -0.1) is 0 Å². The summed E-state index contributed by atoms with van der Waals surface area (Å²) in [6.45, 7) is 10.4. The number of nitrogens with zero attached hydrogens (tertiary/aromatic N) is 1. The van der Waals surface area contributed by atoms with E-state index in [9.17, 15) is 0 Å². The number of ether oxygens (including phenoxy) is 1. The zero-order valence-electron chi connectivity index (χ0n) is 13.4. The van der Waals surface area contributed by atoms with Gasteiger partial charge in [0.25, 0.3) is 0 Å². The second kappa shape index (κ2) is 8.16. The second-order valence-electron chi connectivity index (χ2n) is 5.98. The van der Waals surface area contributed by atoms with Crippen molar-refractivity contribution in [3.8, 4) is 0 Å². The number of hydrogen-bond acceptors (Lipinski definition) is 3. The number of anilines is 1. The first-order chi connectivity index (χ1) is 10.1. The Balaban J connectivity index is 2.13. The molecule has 1 aromatic carbocycles. The predicted molar refractivity (Wildman–Crippen MR) is 93.0 cm³/mol. The maximum atomic E-state index is 5.80. The van der Waals surface area contributed by atoms with Crippen LogP contribution in [0.5, 0.6) is 0 Å².